The summed E-state index contributed by atoms with van der Waals surface area (Å²) < 4.78 is 0. The average molecular weight is 507 g/mol. The van der Waals surface area contributed by atoms with E-state index in [1.165, 1.54) is 0 Å². The lowest BCUT2D eigenvalue weighted by Gasteiger charge is -2.30. The zero-order valence-corrected chi connectivity index (χ0v) is 21.7. The summed E-state index contributed by atoms with van der Waals surface area (Å²) in [6.07, 6.45) is 1.84. The van der Waals surface area contributed by atoms with Crippen LogP contribution in [0, 0.1) is 0 Å². The maximum Gasteiger partial charge on any atom is 0.251 e. The summed E-state index contributed by atoms with van der Waals surface area (Å²) in [5.41, 5.74) is 4.14. The Bertz CT molecular complexity index is 1250. The highest BCUT2D eigenvalue weighted by atomic mass is 35.5. The van der Waals surface area contributed by atoms with E-state index in [0.717, 1.165) is 23.4 Å². The second kappa shape index (κ2) is 11.1. The third kappa shape index (κ3) is 6.01. The fourth-order valence-corrected chi connectivity index (χ4v) is 4.54. The van der Waals surface area contributed by atoms with Crippen LogP contribution in [-0.2, 0) is 11.2 Å². The molecule has 2 aromatic carbocycles. The summed E-state index contributed by atoms with van der Waals surface area (Å²) in [5, 5.41) is 9.59. The number of hydrogen-bond donors (Lipinski definition) is 3. The zero-order chi connectivity index (χ0) is 25.8. The van der Waals surface area contributed by atoms with Crippen molar-refractivity contribution in [2.24, 2.45) is 0 Å². The topological polar surface area (TPSA) is 99.2 Å². The Morgan fingerprint density at radius 2 is 1.83 bits per heavy atom. The second-order valence-electron chi connectivity index (χ2n) is 9.37. The van der Waals surface area contributed by atoms with Crippen molar-refractivity contribution in [2.45, 2.75) is 46.2 Å². The van der Waals surface area contributed by atoms with Crippen molar-refractivity contribution in [2.75, 3.05) is 23.7 Å². The maximum atomic E-state index is 12.6. The molecule has 4 rings (SSSR count). The van der Waals surface area contributed by atoms with Crippen LogP contribution in [0.15, 0.2) is 48.7 Å². The number of halogens is 1. The van der Waals surface area contributed by atoms with Gasteiger partial charge in [0.1, 0.15) is 0 Å². The number of amides is 2. The van der Waals surface area contributed by atoms with Crippen molar-refractivity contribution in [3.63, 3.8) is 0 Å². The van der Waals surface area contributed by atoms with Crippen LogP contribution in [0.25, 0.3) is 11.3 Å². The summed E-state index contributed by atoms with van der Waals surface area (Å²) in [6, 6.07) is 13.3. The molecule has 0 saturated carbocycles. The number of benzene rings is 2. The van der Waals surface area contributed by atoms with E-state index >= 15 is 0 Å². The lowest BCUT2D eigenvalue weighted by Crippen LogP contribution is -2.42. The van der Waals surface area contributed by atoms with Crippen LogP contribution in [0.3, 0.4) is 0 Å². The van der Waals surface area contributed by atoms with Gasteiger partial charge < -0.3 is 16.0 Å². The lowest BCUT2D eigenvalue weighted by atomic mass is 10.1. The first-order valence-electron chi connectivity index (χ1n) is 12.1. The molecule has 9 heteroatoms. The number of rotatable bonds is 8. The van der Waals surface area contributed by atoms with Crippen molar-refractivity contribution < 1.29 is 9.59 Å². The third-order valence-electron chi connectivity index (χ3n) is 6.11. The second-order valence-corrected chi connectivity index (χ2v) is 9.80. The molecule has 8 nitrogen and oxygen atoms in total. The van der Waals surface area contributed by atoms with E-state index in [4.69, 9.17) is 11.6 Å². The quantitative estimate of drug-likeness (QED) is 0.402. The number of aromatic nitrogens is 2. The van der Waals surface area contributed by atoms with Gasteiger partial charge in [0.15, 0.2) is 0 Å². The minimum atomic E-state index is -0.142. The molecular weight excluding hydrogens is 476 g/mol. The van der Waals surface area contributed by atoms with Crippen molar-refractivity contribution in [3.8, 4) is 11.3 Å². The van der Waals surface area contributed by atoms with E-state index in [-0.39, 0.29) is 18.2 Å². The van der Waals surface area contributed by atoms with Gasteiger partial charge in [-0.05, 0) is 70.2 Å². The van der Waals surface area contributed by atoms with E-state index in [0.29, 0.717) is 46.5 Å². The molecule has 1 aliphatic rings. The van der Waals surface area contributed by atoms with Gasteiger partial charge in [-0.2, -0.15) is 0 Å². The van der Waals surface area contributed by atoms with Crippen molar-refractivity contribution in [1.82, 2.24) is 20.2 Å². The lowest BCUT2D eigenvalue weighted by molar-refractivity contribution is -0.115. The maximum absolute atomic E-state index is 12.6. The fourth-order valence-electron chi connectivity index (χ4n) is 4.37. The molecule has 2 heterocycles. The SMILES string of the molecule is CC(C)N(CCNC(=O)c1ccc(Nc2ncc3c(n2)-c2ccc(Cl)cc2NC(=O)C3)cc1)C(C)C. The molecule has 0 spiro atoms. The Labute approximate surface area is 216 Å². The molecule has 1 aliphatic heterocycles. The highest BCUT2D eigenvalue weighted by Gasteiger charge is 2.21. The summed E-state index contributed by atoms with van der Waals surface area (Å²) in [4.78, 5) is 36.3. The van der Waals surface area contributed by atoms with E-state index in [9.17, 15) is 9.59 Å². The smallest absolute Gasteiger partial charge is 0.251 e. The normalized spacial score (nSPS) is 12.7. The van der Waals surface area contributed by atoms with Gasteiger partial charge in [-0.3, -0.25) is 14.5 Å². The number of nitrogens with one attached hydrogen (secondary N) is 3. The van der Waals surface area contributed by atoms with Gasteiger partial charge in [-0.1, -0.05) is 11.6 Å². The highest BCUT2D eigenvalue weighted by molar-refractivity contribution is 6.31. The number of carbonyl (C=O) groups excluding carboxylic acids is 2. The molecular formula is C27H31ClN6O2. The van der Waals surface area contributed by atoms with E-state index in [1.54, 1.807) is 30.5 Å². The minimum Gasteiger partial charge on any atom is -0.351 e. The minimum absolute atomic E-state index is 0.109. The van der Waals surface area contributed by atoms with Gasteiger partial charge in [-0.25, -0.2) is 9.97 Å². The molecule has 0 radical (unpaired) electrons. The largest absolute Gasteiger partial charge is 0.351 e. The molecule has 2 amide bonds. The first-order chi connectivity index (χ1) is 17.2. The molecule has 1 aromatic heterocycles. The molecule has 0 fully saturated rings. The molecule has 0 atom stereocenters. The van der Waals surface area contributed by atoms with Gasteiger partial charge in [-0.15, -0.1) is 0 Å². The predicted octanol–water partition coefficient (Wildman–Crippen LogP) is 4.88. The molecule has 0 bridgehead atoms. The molecule has 0 unspecified atom stereocenters. The number of fused-ring (bicyclic) bond motifs is 3. The summed E-state index contributed by atoms with van der Waals surface area (Å²) in [5.74, 6) is 0.142. The summed E-state index contributed by atoms with van der Waals surface area (Å²) in [6.45, 7) is 10.0. The Hall–Kier alpha value is -3.49. The van der Waals surface area contributed by atoms with Crippen LogP contribution < -0.4 is 16.0 Å². The molecule has 0 saturated heterocycles. The highest BCUT2D eigenvalue weighted by Crippen LogP contribution is 2.34. The molecule has 3 N–H and O–H groups in total. The van der Waals surface area contributed by atoms with Crippen molar-refractivity contribution in [1.29, 1.82) is 0 Å². The van der Waals surface area contributed by atoms with E-state index < -0.39 is 0 Å². The molecule has 3 aromatic rings. The number of nitrogens with zero attached hydrogens (tertiary/aromatic N) is 3. The van der Waals surface area contributed by atoms with Crippen LogP contribution in [0.2, 0.25) is 5.02 Å². The first kappa shape index (κ1) is 25.6. The molecule has 0 aliphatic carbocycles. The van der Waals surface area contributed by atoms with E-state index in [2.05, 4.69) is 58.5 Å². The van der Waals surface area contributed by atoms with Gasteiger partial charge in [0.25, 0.3) is 5.91 Å². The fraction of sp³-hybridized carbons (Fsp3) is 0.333. The van der Waals surface area contributed by atoms with Gasteiger partial charge in [0, 0.05) is 58.8 Å². The van der Waals surface area contributed by atoms with E-state index in [1.807, 2.05) is 18.2 Å². The third-order valence-corrected chi connectivity index (χ3v) is 6.35. The molecule has 36 heavy (non-hydrogen) atoms. The average Bonchev–Trinajstić information content (AvgIpc) is 2.96. The number of hydrogen-bond acceptors (Lipinski definition) is 6. The van der Waals surface area contributed by atoms with Crippen LogP contribution >= 0.6 is 11.6 Å². The molecule has 188 valence electrons. The van der Waals surface area contributed by atoms with Gasteiger partial charge in [0.05, 0.1) is 17.8 Å². The summed E-state index contributed by atoms with van der Waals surface area (Å²) in [7, 11) is 0. The Morgan fingerprint density at radius 3 is 2.53 bits per heavy atom. The number of carbonyl (C=O) groups is 2. The Balaban J connectivity index is 1.44. The predicted molar refractivity (Wildman–Crippen MR) is 144 cm³/mol. The number of anilines is 3. The van der Waals surface area contributed by atoms with Crippen LogP contribution in [0.5, 0.6) is 0 Å². The zero-order valence-electron chi connectivity index (χ0n) is 20.9. The van der Waals surface area contributed by atoms with Crippen molar-refractivity contribution in [3.05, 3.63) is 64.8 Å². The van der Waals surface area contributed by atoms with Crippen LogP contribution in [0.1, 0.15) is 43.6 Å². The van der Waals surface area contributed by atoms with Crippen LogP contribution in [-0.4, -0.2) is 51.9 Å². The standard InChI is InChI=1S/C27H31ClN6O2/c1-16(2)34(17(3)4)12-11-29-26(36)18-5-8-21(9-6-18)31-27-30-15-19-13-24(35)32-23-14-20(28)7-10-22(23)25(19)33-27/h5-10,14-17H,11-13H2,1-4H3,(H,29,36)(H,32,35)(H,30,31,33). The van der Waals surface area contributed by atoms with Crippen molar-refractivity contribution >= 4 is 40.7 Å². The van der Waals surface area contributed by atoms with Gasteiger partial charge in [0.2, 0.25) is 11.9 Å². The van der Waals surface area contributed by atoms with Gasteiger partial charge >= 0.3 is 0 Å². The summed E-state index contributed by atoms with van der Waals surface area (Å²) >= 11 is 6.12. The van der Waals surface area contributed by atoms with Crippen LogP contribution in [0.4, 0.5) is 17.3 Å². The Kier molecular flexibility index (Phi) is 7.86. The first-order valence-corrected chi connectivity index (χ1v) is 12.5. The monoisotopic (exact) mass is 506 g/mol. The Morgan fingerprint density at radius 1 is 1.11 bits per heavy atom.